The molecule has 3 rings (SSSR count). The summed E-state index contributed by atoms with van der Waals surface area (Å²) in [6.07, 6.45) is 2.54. The van der Waals surface area contributed by atoms with Gasteiger partial charge in [-0.2, -0.15) is 5.11 Å². The van der Waals surface area contributed by atoms with E-state index < -0.39 is 0 Å². The second kappa shape index (κ2) is 8.01. The van der Waals surface area contributed by atoms with Crippen molar-refractivity contribution in [2.45, 2.75) is 19.4 Å². The van der Waals surface area contributed by atoms with Gasteiger partial charge in [0.15, 0.2) is 0 Å². The van der Waals surface area contributed by atoms with Crippen LogP contribution in [0.1, 0.15) is 18.4 Å². The molecular formula is C18H20ClN6+. The molecule has 0 amide bonds. The summed E-state index contributed by atoms with van der Waals surface area (Å²) in [6.45, 7) is 1.40. The van der Waals surface area contributed by atoms with E-state index in [9.17, 15) is 0 Å². The van der Waals surface area contributed by atoms with E-state index in [1.807, 2.05) is 36.4 Å². The Morgan fingerprint density at radius 1 is 1.20 bits per heavy atom. The maximum Gasteiger partial charge on any atom is 0.217 e. The quantitative estimate of drug-likeness (QED) is 0.492. The fourth-order valence-electron chi connectivity index (χ4n) is 2.58. The summed E-state index contributed by atoms with van der Waals surface area (Å²) in [5.74, 6) is 0.738. The molecule has 0 saturated heterocycles. The summed E-state index contributed by atoms with van der Waals surface area (Å²) in [4.78, 5) is 3.62. The molecular weight excluding hydrogens is 336 g/mol. The molecule has 0 unspecified atom stereocenters. The highest BCUT2D eigenvalue weighted by molar-refractivity contribution is 6.36. The van der Waals surface area contributed by atoms with Gasteiger partial charge in [0.05, 0.1) is 10.7 Å². The number of rotatable bonds is 7. The molecule has 25 heavy (non-hydrogen) atoms. The Hall–Kier alpha value is -2.56. The van der Waals surface area contributed by atoms with Crippen LogP contribution in [0.15, 0.2) is 51.7 Å². The van der Waals surface area contributed by atoms with Gasteiger partial charge in [-0.3, -0.25) is 0 Å². The van der Waals surface area contributed by atoms with Gasteiger partial charge < -0.3 is 5.32 Å². The largest absolute Gasteiger partial charge is 0.383 e. The van der Waals surface area contributed by atoms with Gasteiger partial charge in [0.1, 0.15) is 29.5 Å². The van der Waals surface area contributed by atoms with Crippen molar-refractivity contribution in [2.24, 2.45) is 21.3 Å². The highest BCUT2D eigenvalue weighted by Gasteiger charge is 2.21. The van der Waals surface area contributed by atoms with Gasteiger partial charge >= 0.3 is 0 Å². The normalized spacial score (nSPS) is 13.0. The van der Waals surface area contributed by atoms with E-state index in [2.05, 4.69) is 25.6 Å². The Kier molecular flexibility index (Phi) is 5.53. The molecule has 1 aliphatic rings. The number of anilines is 1. The molecule has 0 aromatic heterocycles. The summed E-state index contributed by atoms with van der Waals surface area (Å²) < 4.78 is 0. The topological polar surface area (TPSA) is 87.1 Å². The number of hydrogen-bond acceptors (Lipinski definition) is 5. The SMILES string of the molecule is CN=[N+]=NCc1ccc(-c2ccc(NCC3CC3)c(N=N)c2Cl)cc1. The van der Waals surface area contributed by atoms with Crippen LogP contribution >= 0.6 is 11.6 Å². The van der Waals surface area contributed by atoms with Crippen LogP contribution in [0.5, 0.6) is 0 Å². The molecule has 0 heterocycles. The van der Waals surface area contributed by atoms with Crippen LogP contribution in [0.3, 0.4) is 0 Å². The zero-order chi connectivity index (χ0) is 17.6. The predicted molar refractivity (Wildman–Crippen MR) is 99.5 cm³/mol. The van der Waals surface area contributed by atoms with Crippen molar-refractivity contribution in [3.05, 3.63) is 47.0 Å². The Morgan fingerprint density at radius 2 is 1.96 bits per heavy atom. The minimum atomic E-state index is 0.488. The lowest BCUT2D eigenvalue weighted by Gasteiger charge is -2.13. The number of nitrogens with one attached hydrogen (secondary N) is 2. The molecule has 2 aromatic rings. The average molecular weight is 356 g/mol. The van der Waals surface area contributed by atoms with Gasteiger partial charge in [0.25, 0.3) is 0 Å². The fourth-order valence-corrected chi connectivity index (χ4v) is 2.90. The Labute approximate surface area is 151 Å². The molecule has 0 radical (unpaired) electrons. The summed E-state index contributed by atoms with van der Waals surface area (Å²) >= 11 is 6.52. The zero-order valence-corrected chi connectivity index (χ0v) is 14.8. The number of halogens is 1. The van der Waals surface area contributed by atoms with Crippen molar-refractivity contribution >= 4 is 23.0 Å². The maximum absolute atomic E-state index is 7.48. The van der Waals surface area contributed by atoms with Crippen LogP contribution in [0.2, 0.25) is 5.02 Å². The van der Waals surface area contributed by atoms with Crippen LogP contribution in [0, 0.1) is 11.4 Å². The molecule has 2 N–H and O–H groups in total. The lowest BCUT2D eigenvalue weighted by atomic mass is 10.0. The number of hydrogen-bond donors (Lipinski definition) is 2. The van der Waals surface area contributed by atoms with E-state index >= 15 is 0 Å². The Balaban J connectivity index is 1.83. The maximum atomic E-state index is 7.48. The first kappa shape index (κ1) is 17.3. The second-order valence-electron chi connectivity index (χ2n) is 6.05. The third kappa shape index (κ3) is 4.29. The monoisotopic (exact) mass is 355 g/mol. The van der Waals surface area contributed by atoms with Crippen molar-refractivity contribution in [3.8, 4) is 11.1 Å². The van der Waals surface area contributed by atoms with Crippen LogP contribution in [0.4, 0.5) is 11.4 Å². The third-order valence-corrected chi connectivity index (χ3v) is 4.56. The number of nitrogens with zero attached hydrogens (tertiary/aromatic N) is 4. The van der Waals surface area contributed by atoms with Crippen molar-refractivity contribution in [3.63, 3.8) is 0 Å². The minimum absolute atomic E-state index is 0.488. The van der Waals surface area contributed by atoms with E-state index in [0.29, 0.717) is 17.3 Å². The highest BCUT2D eigenvalue weighted by atomic mass is 35.5. The van der Waals surface area contributed by atoms with Gasteiger partial charge in [-0.05, 0) is 36.0 Å². The molecule has 1 saturated carbocycles. The summed E-state index contributed by atoms with van der Waals surface area (Å²) in [5, 5.41) is 15.0. The lowest BCUT2D eigenvalue weighted by Crippen LogP contribution is -2.03. The summed E-state index contributed by atoms with van der Waals surface area (Å²) in [6, 6.07) is 11.9. The van der Waals surface area contributed by atoms with Crippen molar-refractivity contribution in [1.82, 2.24) is 4.91 Å². The van der Waals surface area contributed by atoms with Crippen LogP contribution in [-0.2, 0) is 6.54 Å². The van der Waals surface area contributed by atoms with E-state index in [1.165, 1.54) is 12.8 Å². The van der Waals surface area contributed by atoms with Crippen LogP contribution < -0.4 is 10.2 Å². The summed E-state index contributed by atoms with van der Waals surface area (Å²) in [7, 11) is 1.59. The average Bonchev–Trinajstić information content (AvgIpc) is 3.45. The fraction of sp³-hybridized carbons (Fsp3) is 0.333. The molecule has 128 valence electrons. The van der Waals surface area contributed by atoms with Crippen molar-refractivity contribution in [1.29, 1.82) is 5.53 Å². The van der Waals surface area contributed by atoms with Gasteiger partial charge in [0.2, 0.25) is 4.91 Å². The Morgan fingerprint density at radius 3 is 2.60 bits per heavy atom. The highest BCUT2D eigenvalue weighted by Crippen LogP contribution is 2.41. The first-order chi connectivity index (χ1) is 12.2. The molecule has 0 atom stereocenters. The van der Waals surface area contributed by atoms with Gasteiger partial charge in [0, 0.05) is 12.1 Å². The second-order valence-corrected chi connectivity index (χ2v) is 6.42. The molecule has 0 aliphatic heterocycles. The van der Waals surface area contributed by atoms with Crippen molar-refractivity contribution in [2.75, 3.05) is 18.9 Å². The van der Waals surface area contributed by atoms with Gasteiger partial charge in [-0.25, -0.2) is 5.53 Å². The number of benzene rings is 2. The minimum Gasteiger partial charge on any atom is -0.383 e. The molecule has 1 aliphatic carbocycles. The van der Waals surface area contributed by atoms with Gasteiger partial charge in [-0.1, -0.05) is 41.9 Å². The third-order valence-electron chi connectivity index (χ3n) is 4.18. The van der Waals surface area contributed by atoms with Crippen LogP contribution in [-0.4, -0.2) is 13.6 Å². The predicted octanol–water partition coefficient (Wildman–Crippen LogP) is 5.59. The lowest BCUT2D eigenvalue weighted by molar-refractivity contribution is 0.878. The van der Waals surface area contributed by atoms with Crippen LogP contribution in [0.25, 0.3) is 11.1 Å². The zero-order valence-electron chi connectivity index (χ0n) is 14.0. The smallest absolute Gasteiger partial charge is 0.217 e. The molecule has 7 heteroatoms. The van der Waals surface area contributed by atoms with E-state index in [1.54, 1.807) is 7.05 Å². The molecule has 0 spiro atoms. The van der Waals surface area contributed by atoms with E-state index in [4.69, 9.17) is 17.1 Å². The molecule has 6 nitrogen and oxygen atoms in total. The van der Waals surface area contributed by atoms with Crippen molar-refractivity contribution < 1.29 is 0 Å². The Bertz CT molecular complexity index is 820. The molecule has 0 bridgehead atoms. The summed E-state index contributed by atoms with van der Waals surface area (Å²) in [5.41, 5.74) is 11.7. The van der Waals surface area contributed by atoms with E-state index in [-0.39, 0.29) is 0 Å². The van der Waals surface area contributed by atoms with E-state index in [0.717, 1.165) is 34.8 Å². The first-order valence-electron chi connectivity index (χ1n) is 8.21. The molecule has 1 fully saturated rings. The first-order valence-corrected chi connectivity index (χ1v) is 8.59. The van der Waals surface area contributed by atoms with Gasteiger partial charge in [-0.15, -0.1) is 0 Å². The standard InChI is InChI=1S/C18H20ClN6/c1-21-25-23-11-13-4-6-14(7-5-13)15-8-9-16(18(24-20)17(15)19)22-10-12-2-3-12/h4-9,12,20,22H,2-3,10-11H2,1H3/q+1. The molecule has 2 aromatic carbocycles.